The number of benzene rings is 2. The monoisotopic (exact) mass is 454 g/mol. The van der Waals surface area contributed by atoms with E-state index in [2.05, 4.69) is 31.0 Å². The van der Waals surface area contributed by atoms with Crippen molar-refractivity contribution in [2.45, 2.75) is 6.61 Å². The molecule has 5 nitrogen and oxygen atoms in total. The van der Waals surface area contributed by atoms with Crippen molar-refractivity contribution in [3.05, 3.63) is 58.4 Å². The van der Waals surface area contributed by atoms with Crippen LogP contribution in [-0.4, -0.2) is 24.1 Å². The van der Waals surface area contributed by atoms with Gasteiger partial charge in [-0.05, 0) is 36.4 Å². The highest BCUT2D eigenvalue weighted by molar-refractivity contribution is 9.10. The minimum absolute atomic E-state index is 0.0225. The number of anilines is 1. The summed E-state index contributed by atoms with van der Waals surface area (Å²) in [5, 5.41) is 4.61. The zero-order chi connectivity index (χ0) is 19.2. The topological polar surface area (TPSA) is 60.5 Å². The number of hydrogen-bond acceptors (Lipinski definition) is 5. The Morgan fingerprint density at radius 1 is 1.19 bits per heavy atom. The van der Waals surface area contributed by atoms with Crippen LogP contribution in [0.5, 0.6) is 11.5 Å². The molecule has 0 radical (unpaired) electrons. The predicted octanol–water partition coefficient (Wildman–Crippen LogP) is 5.19. The fourth-order valence-electron chi connectivity index (χ4n) is 2.17. The van der Waals surface area contributed by atoms with Gasteiger partial charge in [0, 0.05) is 15.4 Å². The molecule has 0 unspecified atom stereocenters. The van der Waals surface area contributed by atoms with Gasteiger partial charge in [-0.1, -0.05) is 28.1 Å². The van der Waals surface area contributed by atoms with E-state index >= 15 is 0 Å². The van der Waals surface area contributed by atoms with Crippen molar-refractivity contribution >= 4 is 38.3 Å². The van der Waals surface area contributed by atoms with Crippen LogP contribution in [0.15, 0.2) is 58.4 Å². The van der Waals surface area contributed by atoms with Crippen molar-refractivity contribution in [2.75, 3.05) is 11.9 Å². The number of nitrogens with one attached hydrogen (secondary N) is 1. The second kappa shape index (κ2) is 8.92. The van der Waals surface area contributed by atoms with Crippen molar-refractivity contribution in [1.82, 2.24) is 4.98 Å². The van der Waals surface area contributed by atoms with Gasteiger partial charge in [-0.2, -0.15) is 8.78 Å². The summed E-state index contributed by atoms with van der Waals surface area (Å²) in [5.41, 5.74) is 0.848. The Morgan fingerprint density at radius 2 is 1.93 bits per heavy atom. The number of aromatic nitrogens is 1. The van der Waals surface area contributed by atoms with Crippen LogP contribution in [0.1, 0.15) is 0 Å². The van der Waals surface area contributed by atoms with Crippen LogP contribution in [0, 0.1) is 0 Å². The summed E-state index contributed by atoms with van der Waals surface area (Å²) in [6, 6.07) is 13.4. The number of rotatable bonds is 7. The van der Waals surface area contributed by atoms with Gasteiger partial charge in [-0.3, -0.25) is 10.1 Å². The van der Waals surface area contributed by atoms with Crippen molar-refractivity contribution in [3.8, 4) is 22.8 Å². The molecule has 0 atom stereocenters. The molecular weight excluding hydrogens is 442 g/mol. The summed E-state index contributed by atoms with van der Waals surface area (Å²) in [6.45, 7) is -3.11. The van der Waals surface area contributed by atoms with E-state index in [9.17, 15) is 13.6 Å². The Labute approximate surface area is 166 Å². The van der Waals surface area contributed by atoms with Gasteiger partial charge in [0.25, 0.3) is 5.91 Å². The molecule has 3 rings (SSSR count). The van der Waals surface area contributed by atoms with Crippen molar-refractivity contribution in [2.24, 2.45) is 0 Å². The number of nitrogens with zero attached hydrogens (tertiary/aromatic N) is 1. The average Bonchev–Trinajstić information content (AvgIpc) is 3.09. The molecule has 0 spiro atoms. The molecule has 140 valence electrons. The molecule has 0 aliphatic heterocycles. The maximum atomic E-state index is 12.5. The van der Waals surface area contributed by atoms with Crippen LogP contribution in [0.4, 0.5) is 13.9 Å². The molecule has 1 aromatic heterocycles. The normalized spacial score (nSPS) is 10.7. The second-order valence-corrected chi connectivity index (χ2v) is 6.98. The third kappa shape index (κ3) is 5.48. The molecule has 0 aliphatic rings. The Balaban J connectivity index is 1.62. The Kier molecular flexibility index (Phi) is 6.36. The number of amides is 1. The number of hydrogen-bond donors (Lipinski definition) is 1. The molecule has 0 fully saturated rings. The second-order valence-electron chi connectivity index (χ2n) is 5.20. The highest BCUT2D eigenvalue weighted by Crippen LogP contribution is 2.33. The third-order valence-electron chi connectivity index (χ3n) is 3.31. The van der Waals surface area contributed by atoms with Crippen LogP contribution in [-0.2, 0) is 4.79 Å². The molecule has 2 aromatic carbocycles. The molecule has 1 amide bonds. The zero-order valence-corrected chi connectivity index (χ0v) is 16.1. The van der Waals surface area contributed by atoms with Gasteiger partial charge in [0.15, 0.2) is 11.7 Å². The first-order valence-electron chi connectivity index (χ1n) is 7.69. The Morgan fingerprint density at radius 3 is 2.67 bits per heavy atom. The van der Waals surface area contributed by atoms with Crippen LogP contribution in [0.3, 0.4) is 0 Å². The van der Waals surface area contributed by atoms with Crippen LogP contribution >= 0.6 is 27.3 Å². The van der Waals surface area contributed by atoms with Gasteiger partial charge >= 0.3 is 6.61 Å². The number of thiazole rings is 1. The van der Waals surface area contributed by atoms with Gasteiger partial charge < -0.3 is 9.47 Å². The number of carbonyl (C=O) groups is 1. The maximum Gasteiger partial charge on any atom is 0.387 e. The lowest BCUT2D eigenvalue weighted by molar-refractivity contribution is -0.118. The van der Waals surface area contributed by atoms with Gasteiger partial charge in [0.05, 0.1) is 5.69 Å². The van der Waals surface area contributed by atoms with E-state index in [1.165, 1.54) is 17.4 Å². The average molecular weight is 455 g/mol. The first-order chi connectivity index (χ1) is 13.0. The largest absolute Gasteiger partial charge is 0.484 e. The molecule has 0 aliphatic carbocycles. The smallest absolute Gasteiger partial charge is 0.387 e. The third-order valence-corrected chi connectivity index (χ3v) is 4.60. The van der Waals surface area contributed by atoms with E-state index in [-0.39, 0.29) is 18.3 Å². The minimum Gasteiger partial charge on any atom is -0.484 e. The maximum absolute atomic E-state index is 12.5. The number of alkyl halides is 2. The highest BCUT2D eigenvalue weighted by atomic mass is 79.9. The van der Waals surface area contributed by atoms with Gasteiger partial charge in [0.2, 0.25) is 0 Å². The van der Waals surface area contributed by atoms with E-state index in [1.807, 2.05) is 0 Å². The van der Waals surface area contributed by atoms with Crippen molar-refractivity contribution in [1.29, 1.82) is 0 Å². The first-order valence-corrected chi connectivity index (χ1v) is 9.36. The van der Waals surface area contributed by atoms with Crippen LogP contribution < -0.4 is 14.8 Å². The summed E-state index contributed by atoms with van der Waals surface area (Å²) in [6.07, 6.45) is 0. The molecule has 3 aromatic rings. The molecular formula is C18H13BrF2N2O3S. The number of halogens is 3. The van der Waals surface area contributed by atoms with E-state index in [4.69, 9.17) is 4.74 Å². The van der Waals surface area contributed by atoms with Gasteiger partial charge in [-0.25, -0.2) is 4.98 Å². The van der Waals surface area contributed by atoms with Gasteiger partial charge in [-0.15, -0.1) is 11.3 Å². The highest BCUT2D eigenvalue weighted by Gasteiger charge is 2.14. The molecule has 0 bridgehead atoms. The fourth-order valence-corrected chi connectivity index (χ4v) is 3.16. The fraction of sp³-hybridized carbons (Fsp3) is 0.111. The number of carbonyl (C=O) groups excluding carboxylic acids is 1. The quantitative estimate of drug-likeness (QED) is 0.533. The van der Waals surface area contributed by atoms with E-state index in [1.54, 1.807) is 47.8 Å². The van der Waals surface area contributed by atoms with Crippen LogP contribution in [0.2, 0.25) is 0 Å². The molecule has 1 N–H and O–H groups in total. The molecule has 0 saturated carbocycles. The zero-order valence-electron chi connectivity index (χ0n) is 13.7. The molecule has 27 heavy (non-hydrogen) atoms. The van der Waals surface area contributed by atoms with Crippen LogP contribution in [0.25, 0.3) is 11.3 Å². The number of ether oxygens (including phenoxy) is 2. The summed E-state index contributed by atoms with van der Waals surface area (Å²) in [5.74, 6) is 0.205. The van der Waals surface area contributed by atoms with E-state index < -0.39 is 6.61 Å². The van der Waals surface area contributed by atoms with Gasteiger partial charge in [0.1, 0.15) is 11.5 Å². The lowest BCUT2D eigenvalue weighted by Gasteiger charge is -2.08. The summed E-state index contributed by atoms with van der Waals surface area (Å²) < 4.78 is 35.9. The summed E-state index contributed by atoms with van der Waals surface area (Å²) in [4.78, 5) is 16.3. The Bertz CT molecular complexity index is 919. The summed E-state index contributed by atoms with van der Waals surface area (Å²) >= 11 is 4.49. The summed E-state index contributed by atoms with van der Waals surface area (Å²) in [7, 11) is 0. The molecule has 1 heterocycles. The molecule has 9 heteroatoms. The SMILES string of the molecule is O=C(COc1ccc(Br)cc1)Nc1nc(-c2ccccc2OC(F)F)cs1. The van der Waals surface area contributed by atoms with Crippen molar-refractivity contribution in [3.63, 3.8) is 0 Å². The lowest BCUT2D eigenvalue weighted by Crippen LogP contribution is -2.20. The molecule has 0 saturated heterocycles. The van der Waals surface area contributed by atoms with Crippen molar-refractivity contribution < 1.29 is 23.0 Å². The predicted molar refractivity (Wildman–Crippen MR) is 102 cm³/mol. The Hall–Kier alpha value is -2.52. The number of para-hydroxylation sites is 1. The van der Waals surface area contributed by atoms with E-state index in [0.717, 1.165) is 4.47 Å². The standard InChI is InChI=1S/C18H13BrF2N2O3S/c19-11-5-7-12(8-6-11)25-9-16(24)23-18-22-14(10-27-18)13-3-1-2-4-15(13)26-17(20)21/h1-8,10,17H,9H2,(H,22,23,24). The lowest BCUT2D eigenvalue weighted by atomic mass is 10.1. The first kappa shape index (κ1) is 19.2. The van der Waals surface area contributed by atoms with E-state index in [0.29, 0.717) is 22.1 Å². The minimum atomic E-state index is -2.93.